The molecule has 0 aliphatic heterocycles. The van der Waals surface area contributed by atoms with Crippen molar-refractivity contribution < 1.29 is 14.0 Å². The summed E-state index contributed by atoms with van der Waals surface area (Å²) in [6, 6.07) is 10.7. The number of fused-ring (bicyclic) bond motifs is 1. The standard InChI is InChI=1S/C18H14FN9O2/c19-10-4-1-3-9(7-10)8-22-17-14(16(21)30)24-26-18(23-17)28-12-6-2-5-11(15(20)29)13(12)25-27-28/h1-7H,8H2,(H2,20,29)(H2,21,30)(H,22,23,26). The van der Waals surface area contributed by atoms with Gasteiger partial charge in [0.15, 0.2) is 11.5 Å². The van der Waals surface area contributed by atoms with Crippen LogP contribution in [0.5, 0.6) is 0 Å². The molecule has 2 aromatic heterocycles. The van der Waals surface area contributed by atoms with Crippen molar-refractivity contribution in [2.24, 2.45) is 11.5 Å². The zero-order chi connectivity index (χ0) is 21.3. The fraction of sp³-hybridized carbons (Fsp3) is 0.0556. The van der Waals surface area contributed by atoms with Gasteiger partial charge in [0.1, 0.15) is 11.3 Å². The van der Waals surface area contributed by atoms with Gasteiger partial charge in [-0.25, -0.2) is 4.39 Å². The normalized spacial score (nSPS) is 10.8. The average molecular weight is 407 g/mol. The topological polar surface area (TPSA) is 168 Å². The lowest BCUT2D eigenvalue weighted by molar-refractivity contribution is 0.0989. The number of amides is 2. The van der Waals surface area contributed by atoms with Crippen molar-refractivity contribution in [3.05, 3.63) is 65.1 Å². The van der Waals surface area contributed by atoms with E-state index in [2.05, 4.69) is 30.8 Å². The molecule has 2 amide bonds. The Morgan fingerprint density at radius 3 is 2.57 bits per heavy atom. The SMILES string of the molecule is NC(=O)c1nnc(-n2nnc3c(C(N)=O)cccc32)nc1NCc1cccc(F)c1. The van der Waals surface area contributed by atoms with E-state index in [0.717, 1.165) is 0 Å². The second-order valence-corrected chi connectivity index (χ2v) is 6.20. The molecule has 0 saturated heterocycles. The molecule has 0 aliphatic carbocycles. The van der Waals surface area contributed by atoms with Gasteiger partial charge in [0.05, 0.1) is 11.1 Å². The maximum Gasteiger partial charge on any atom is 0.274 e. The van der Waals surface area contributed by atoms with E-state index >= 15 is 0 Å². The summed E-state index contributed by atoms with van der Waals surface area (Å²) in [7, 11) is 0. The maximum absolute atomic E-state index is 13.4. The number of hydrogen-bond donors (Lipinski definition) is 3. The van der Waals surface area contributed by atoms with Gasteiger partial charge in [-0.1, -0.05) is 23.4 Å². The molecular formula is C18H14FN9O2. The predicted octanol–water partition coefficient (Wildman–Crippen LogP) is 0.554. The fourth-order valence-electron chi connectivity index (χ4n) is 2.82. The van der Waals surface area contributed by atoms with Crippen LogP contribution in [-0.2, 0) is 6.54 Å². The first-order chi connectivity index (χ1) is 14.4. The minimum Gasteiger partial charge on any atom is -0.366 e. The highest BCUT2D eigenvalue weighted by Gasteiger charge is 2.19. The van der Waals surface area contributed by atoms with Gasteiger partial charge in [-0.05, 0) is 29.8 Å². The van der Waals surface area contributed by atoms with Crippen LogP contribution in [0.4, 0.5) is 10.2 Å². The molecule has 4 rings (SSSR count). The molecule has 4 aromatic rings. The Morgan fingerprint density at radius 1 is 1.03 bits per heavy atom. The van der Waals surface area contributed by atoms with E-state index in [-0.39, 0.29) is 35.1 Å². The summed E-state index contributed by atoms with van der Waals surface area (Å²) < 4.78 is 14.6. The number of primary amides is 2. The summed E-state index contributed by atoms with van der Waals surface area (Å²) in [6.07, 6.45) is 0. The van der Waals surface area contributed by atoms with Crippen molar-refractivity contribution in [2.75, 3.05) is 5.32 Å². The third kappa shape index (κ3) is 3.48. The van der Waals surface area contributed by atoms with Gasteiger partial charge < -0.3 is 16.8 Å². The van der Waals surface area contributed by atoms with Crippen molar-refractivity contribution in [3.8, 4) is 5.95 Å². The molecule has 12 heteroatoms. The maximum atomic E-state index is 13.4. The molecule has 2 aromatic carbocycles. The van der Waals surface area contributed by atoms with Crippen molar-refractivity contribution in [3.63, 3.8) is 0 Å². The van der Waals surface area contributed by atoms with Crippen molar-refractivity contribution in [1.29, 1.82) is 0 Å². The molecule has 0 radical (unpaired) electrons. The third-order valence-electron chi connectivity index (χ3n) is 4.19. The van der Waals surface area contributed by atoms with Crippen LogP contribution in [0.25, 0.3) is 17.0 Å². The summed E-state index contributed by atoms with van der Waals surface area (Å²) in [5, 5.41) is 18.5. The second kappa shape index (κ2) is 7.50. The van der Waals surface area contributed by atoms with E-state index in [1.807, 2.05) is 0 Å². The highest BCUT2D eigenvalue weighted by atomic mass is 19.1. The van der Waals surface area contributed by atoms with Gasteiger partial charge >= 0.3 is 0 Å². The Bertz CT molecular complexity index is 1290. The van der Waals surface area contributed by atoms with Gasteiger partial charge in [0, 0.05) is 6.54 Å². The Labute approximate surface area is 167 Å². The number of nitrogens with two attached hydrogens (primary N) is 2. The largest absolute Gasteiger partial charge is 0.366 e. The molecule has 0 unspecified atom stereocenters. The number of nitrogens with zero attached hydrogens (tertiary/aromatic N) is 6. The van der Waals surface area contributed by atoms with Gasteiger partial charge in [0.25, 0.3) is 17.8 Å². The lowest BCUT2D eigenvalue weighted by Crippen LogP contribution is -2.20. The van der Waals surface area contributed by atoms with Crippen LogP contribution in [0.15, 0.2) is 42.5 Å². The highest BCUT2D eigenvalue weighted by Crippen LogP contribution is 2.19. The number of nitrogens with one attached hydrogen (secondary N) is 1. The third-order valence-corrected chi connectivity index (χ3v) is 4.19. The number of carbonyl (C=O) groups excluding carboxylic acids is 2. The summed E-state index contributed by atoms with van der Waals surface area (Å²) in [5.41, 5.74) is 12.0. The zero-order valence-electron chi connectivity index (χ0n) is 15.3. The van der Waals surface area contributed by atoms with E-state index in [1.165, 1.54) is 22.9 Å². The van der Waals surface area contributed by atoms with Gasteiger partial charge in [0.2, 0.25) is 0 Å². The summed E-state index contributed by atoms with van der Waals surface area (Å²) in [4.78, 5) is 27.6. The number of benzene rings is 2. The predicted molar refractivity (Wildman–Crippen MR) is 103 cm³/mol. The van der Waals surface area contributed by atoms with Crippen LogP contribution < -0.4 is 16.8 Å². The van der Waals surface area contributed by atoms with Gasteiger partial charge in [-0.15, -0.1) is 15.3 Å². The molecule has 5 N–H and O–H groups in total. The van der Waals surface area contributed by atoms with Crippen molar-refractivity contribution >= 4 is 28.7 Å². The van der Waals surface area contributed by atoms with Crippen LogP contribution >= 0.6 is 0 Å². The molecule has 0 bridgehead atoms. The Balaban J connectivity index is 1.74. The smallest absolute Gasteiger partial charge is 0.274 e. The average Bonchev–Trinajstić information content (AvgIpc) is 3.16. The van der Waals surface area contributed by atoms with E-state index in [9.17, 15) is 14.0 Å². The number of aromatic nitrogens is 6. The lowest BCUT2D eigenvalue weighted by Gasteiger charge is -2.09. The molecule has 0 fully saturated rings. The molecule has 0 aliphatic rings. The molecule has 2 heterocycles. The van der Waals surface area contributed by atoms with Crippen LogP contribution in [0.2, 0.25) is 0 Å². The summed E-state index contributed by atoms with van der Waals surface area (Å²) >= 11 is 0. The van der Waals surface area contributed by atoms with E-state index in [0.29, 0.717) is 11.1 Å². The molecule has 11 nitrogen and oxygen atoms in total. The van der Waals surface area contributed by atoms with E-state index < -0.39 is 17.6 Å². The summed E-state index contributed by atoms with van der Waals surface area (Å²) in [6.45, 7) is 0.153. The fourth-order valence-corrected chi connectivity index (χ4v) is 2.82. The Morgan fingerprint density at radius 2 is 1.83 bits per heavy atom. The number of anilines is 1. The first-order valence-electron chi connectivity index (χ1n) is 8.61. The van der Waals surface area contributed by atoms with Crippen molar-refractivity contribution in [2.45, 2.75) is 6.54 Å². The highest BCUT2D eigenvalue weighted by molar-refractivity contribution is 6.04. The Kier molecular flexibility index (Phi) is 4.72. The number of rotatable bonds is 6. The van der Waals surface area contributed by atoms with Crippen molar-refractivity contribution in [1.82, 2.24) is 30.2 Å². The number of carbonyl (C=O) groups is 2. The number of halogens is 1. The minimum atomic E-state index is -0.845. The zero-order valence-corrected chi connectivity index (χ0v) is 15.3. The molecule has 0 saturated carbocycles. The van der Waals surface area contributed by atoms with Gasteiger partial charge in [-0.2, -0.15) is 9.67 Å². The van der Waals surface area contributed by atoms with Gasteiger partial charge in [-0.3, -0.25) is 9.59 Å². The lowest BCUT2D eigenvalue weighted by atomic mass is 10.2. The van der Waals surface area contributed by atoms with E-state index in [1.54, 1.807) is 24.3 Å². The molecular weight excluding hydrogens is 393 g/mol. The first kappa shape index (κ1) is 18.9. The Hall–Kier alpha value is -4.48. The second-order valence-electron chi connectivity index (χ2n) is 6.20. The molecule has 0 spiro atoms. The van der Waals surface area contributed by atoms with Crippen LogP contribution in [0.1, 0.15) is 26.4 Å². The van der Waals surface area contributed by atoms with Crippen LogP contribution in [0.3, 0.4) is 0 Å². The quantitative estimate of drug-likeness (QED) is 0.416. The van der Waals surface area contributed by atoms with Crippen LogP contribution in [0, 0.1) is 5.82 Å². The number of hydrogen-bond acceptors (Lipinski definition) is 8. The molecule has 150 valence electrons. The monoisotopic (exact) mass is 407 g/mol. The summed E-state index contributed by atoms with van der Waals surface area (Å²) in [5.74, 6) is -1.89. The minimum absolute atomic E-state index is 0.0223. The molecule has 0 atom stereocenters. The van der Waals surface area contributed by atoms with E-state index in [4.69, 9.17) is 11.5 Å². The first-order valence-corrected chi connectivity index (χ1v) is 8.61. The van der Waals surface area contributed by atoms with Crippen LogP contribution in [-0.4, -0.2) is 42.0 Å². The molecule has 30 heavy (non-hydrogen) atoms.